The van der Waals surface area contributed by atoms with Crippen molar-refractivity contribution in [1.82, 2.24) is 15.3 Å². The highest BCUT2D eigenvalue weighted by Crippen LogP contribution is 2.25. The van der Waals surface area contributed by atoms with Gasteiger partial charge in [-0.15, -0.1) is 0 Å². The molecular weight excluding hydrogens is 366 g/mol. The fraction of sp³-hybridized carbons (Fsp3) is 0.444. The lowest BCUT2D eigenvalue weighted by molar-refractivity contribution is -0.121. The summed E-state index contributed by atoms with van der Waals surface area (Å²) in [6.45, 7) is 5.02. The van der Waals surface area contributed by atoms with Gasteiger partial charge in [0.2, 0.25) is 0 Å². The molecule has 2 aromatic rings. The van der Waals surface area contributed by atoms with Gasteiger partial charge in [-0.1, -0.05) is 23.5 Å². The number of piperidine rings is 1. The van der Waals surface area contributed by atoms with Crippen molar-refractivity contribution < 1.29 is 14.3 Å². The van der Waals surface area contributed by atoms with Crippen LogP contribution in [0.25, 0.3) is 10.2 Å². The Kier molecular flexibility index (Phi) is 6.23. The van der Waals surface area contributed by atoms with E-state index >= 15 is 0 Å². The number of likely N-dealkylation sites (tertiary alicyclic amines) is 1. The smallest absolute Gasteiger partial charge is 0.409 e. The summed E-state index contributed by atoms with van der Waals surface area (Å²) >= 11 is 1.51. The third-order valence-corrected chi connectivity index (χ3v) is 5.19. The quantitative estimate of drug-likeness (QED) is 0.767. The molecular formula is C18H23N5O3S. The Labute approximate surface area is 161 Å². The fourth-order valence-corrected chi connectivity index (χ4v) is 3.64. The van der Waals surface area contributed by atoms with Crippen molar-refractivity contribution in [2.45, 2.75) is 32.7 Å². The topological polar surface area (TPSA) is 95.9 Å². The number of carbonyl (C=O) groups excluding carboxylic acids is 2. The zero-order valence-corrected chi connectivity index (χ0v) is 16.2. The van der Waals surface area contributed by atoms with Crippen LogP contribution in [0.3, 0.4) is 0 Å². The van der Waals surface area contributed by atoms with Crippen LogP contribution in [0.4, 0.5) is 9.93 Å². The average Bonchev–Trinajstić information content (AvgIpc) is 3.08. The predicted octanol–water partition coefficient (Wildman–Crippen LogP) is 2.82. The first-order valence-corrected chi connectivity index (χ1v) is 9.77. The minimum absolute atomic E-state index is 0.227. The van der Waals surface area contributed by atoms with Crippen molar-refractivity contribution in [1.29, 1.82) is 0 Å². The Morgan fingerprint density at radius 2 is 2.07 bits per heavy atom. The number of hydrogen-bond donors (Lipinski definition) is 2. The van der Waals surface area contributed by atoms with Crippen LogP contribution in [0.5, 0.6) is 0 Å². The van der Waals surface area contributed by atoms with E-state index in [1.807, 2.05) is 24.3 Å². The maximum absolute atomic E-state index is 12.3. The number of amides is 2. The van der Waals surface area contributed by atoms with Gasteiger partial charge >= 0.3 is 6.09 Å². The monoisotopic (exact) mass is 389 g/mol. The Hall–Kier alpha value is -2.68. The number of benzene rings is 1. The molecule has 1 aliphatic heterocycles. The SMILES string of the molecule is CCOC(=O)N1CCC(=NNC(=O)[C@H](C)Nc2nc3ccccc3s2)CC1. The van der Waals surface area contributed by atoms with Crippen molar-refractivity contribution in [2.24, 2.45) is 5.10 Å². The lowest BCUT2D eigenvalue weighted by atomic mass is 10.1. The molecule has 2 N–H and O–H groups in total. The van der Waals surface area contributed by atoms with Gasteiger partial charge in [-0.25, -0.2) is 15.2 Å². The van der Waals surface area contributed by atoms with Crippen LogP contribution in [0.1, 0.15) is 26.7 Å². The number of hydrogen-bond acceptors (Lipinski definition) is 7. The molecule has 1 fully saturated rings. The minimum atomic E-state index is -0.463. The van der Waals surface area contributed by atoms with E-state index in [0.29, 0.717) is 37.7 Å². The highest BCUT2D eigenvalue weighted by Gasteiger charge is 2.21. The molecule has 1 aromatic heterocycles. The Bertz CT molecular complexity index is 807. The van der Waals surface area contributed by atoms with Gasteiger partial charge in [-0.05, 0) is 26.0 Å². The lowest BCUT2D eigenvalue weighted by Crippen LogP contribution is -2.40. The van der Waals surface area contributed by atoms with E-state index in [-0.39, 0.29) is 12.0 Å². The lowest BCUT2D eigenvalue weighted by Gasteiger charge is -2.26. The second-order valence-corrected chi connectivity index (χ2v) is 7.22. The number of fused-ring (bicyclic) bond motifs is 1. The summed E-state index contributed by atoms with van der Waals surface area (Å²) in [7, 11) is 0. The van der Waals surface area contributed by atoms with Crippen molar-refractivity contribution >= 4 is 44.4 Å². The highest BCUT2D eigenvalue weighted by molar-refractivity contribution is 7.22. The molecule has 1 aliphatic rings. The number of rotatable bonds is 5. The second kappa shape index (κ2) is 8.81. The number of hydrazone groups is 1. The first kappa shape index (κ1) is 19.1. The molecule has 2 heterocycles. The highest BCUT2D eigenvalue weighted by atomic mass is 32.1. The molecule has 0 radical (unpaired) electrons. The molecule has 0 aliphatic carbocycles. The number of anilines is 1. The van der Waals surface area contributed by atoms with Crippen molar-refractivity contribution in [3.8, 4) is 0 Å². The van der Waals surface area contributed by atoms with Crippen LogP contribution >= 0.6 is 11.3 Å². The van der Waals surface area contributed by atoms with Gasteiger partial charge in [0.25, 0.3) is 5.91 Å². The number of aromatic nitrogens is 1. The Balaban J connectivity index is 1.48. The molecule has 0 unspecified atom stereocenters. The number of thiazole rings is 1. The summed E-state index contributed by atoms with van der Waals surface area (Å²) in [5, 5.41) is 8.02. The average molecular weight is 389 g/mol. The van der Waals surface area contributed by atoms with E-state index in [1.54, 1.807) is 18.7 Å². The van der Waals surface area contributed by atoms with Crippen LogP contribution < -0.4 is 10.7 Å². The molecule has 27 heavy (non-hydrogen) atoms. The molecule has 1 saturated heterocycles. The van der Waals surface area contributed by atoms with Crippen molar-refractivity contribution in [2.75, 3.05) is 25.0 Å². The number of para-hydroxylation sites is 1. The Morgan fingerprint density at radius 3 is 2.78 bits per heavy atom. The molecule has 8 nitrogen and oxygen atoms in total. The second-order valence-electron chi connectivity index (χ2n) is 6.19. The Morgan fingerprint density at radius 1 is 1.33 bits per heavy atom. The van der Waals surface area contributed by atoms with Crippen LogP contribution in [-0.2, 0) is 9.53 Å². The molecule has 1 aromatic carbocycles. The van der Waals surface area contributed by atoms with Crippen molar-refractivity contribution in [3.63, 3.8) is 0 Å². The van der Waals surface area contributed by atoms with E-state index in [9.17, 15) is 9.59 Å². The molecule has 1 atom stereocenters. The summed E-state index contributed by atoms with van der Waals surface area (Å²) in [6.07, 6.45) is 0.951. The maximum Gasteiger partial charge on any atom is 0.409 e. The molecule has 2 amide bonds. The predicted molar refractivity (Wildman–Crippen MR) is 106 cm³/mol. The first-order chi connectivity index (χ1) is 13.1. The normalized spacial score (nSPS) is 15.3. The van der Waals surface area contributed by atoms with Crippen LogP contribution in [0.2, 0.25) is 0 Å². The standard InChI is InChI=1S/C18H23N5O3S/c1-3-26-18(25)23-10-8-13(9-11-23)21-22-16(24)12(2)19-17-20-14-6-4-5-7-15(14)27-17/h4-7,12H,3,8-11H2,1-2H3,(H,19,20)(H,22,24)/t12-/m0/s1. The van der Waals surface area contributed by atoms with Crippen LogP contribution in [0, 0.1) is 0 Å². The van der Waals surface area contributed by atoms with E-state index in [1.165, 1.54) is 11.3 Å². The molecule has 0 spiro atoms. The summed E-state index contributed by atoms with van der Waals surface area (Å²) in [6, 6.07) is 7.37. The van der Waals surface area contributed by atoms with E-state index < -0.39 is 6.04 Å². The summed E-state index contributed by atoms with van der Waals surface area (Å²) in [5.41, 5.74) is 4.38. The van der Waals surface area contributed by atoms with Gasteiger partial charge in [0.1, 0.15) is 6.04 Å². The molecule has 0 bridgehead atoms. The summed E-state index contributed by atoms with van der Waals surface area (Å²) in [5.74, 6) is -0.227. The van der Waals surface area contributed by atoms with Gasteiger partial charge in [-0.2, -0.15) is 5.10 Å². The van der Waals surface area contributed by atoms with Crippen molar-refractivity contribution in [3.05, 3.63) is 24.3 Å². The largest absolute Gasteiger partial charge is 0.450 e. The van der Waals surface area contributed by atoms with Gasteiger partial charge in [0, 0.05) is 31.6 Å². The van der Waals surface area contributed by atoms with Crippen LogP contribution in [0.15, 0.2) is 29.4 Å². The first-order valence-electron chi connectivity index (χ1n) is 8.96. The zero-order chi connectivity index (χ0) is 19.2. The van der Waals surface area contributed by atoms with Gasteiger partial charge in [-0.3, -0.25) is 4.79 Å². The maximum atomic E-state index is 12.3. The molecule has 9 heteroatoms. The van der Waals surface area contributed by atoms with E-state index in [0.717, 1.165) is 15.9 Å². The number of nitrogens with one attached hydrogen (secondary N) is 2. The van der Waals surface area contributed by atoms with Gasteiger partial charge in [0.05, 0.1) is 16.8 Å². The molecule has 0 saturated carbocycles. The number of carbonyl (C=O) groups is 2. The van der Waals surface area contributed by atoms with E-state index in [4.69, 9.17) is 4.74 Å². The zero-order valence-electron chi connectivity index (χ0n) is 15.4. The van der Waals surface area contributed by atoms with Crippen LogP contribution in [-0.4, -0.2) is 53.3 Å². The number of nitrogens with zero attached hydrogens (tertiary/aromatic N) is 3. The molecule has 144 valence electrons. The van der Waals surface area contributed by atoms with Gasteiger partial charge < -0.3 is 15.0 Å². The third-order valence-electron chi connectivity index (χ3n) is 4.22. The van der Waals surface area contributed by atoms with Gasteiger partial charge in [0.15, 0.2) is 5.13 Å². The fourth-order valence-electron chi connectivity index (χ4n) is 2.69. The summed E-state index contributed by atoms with van der Waals surface area (Å²) < 4.78 is 6.06. The summed E-state index contributed by atoms with van der Waals surface area (Å²) in [4.78, 5) is 30.1. The van der Waals surface area contributed by atoms with E-state index in [2.05, 4.69) is 20.8 Å². The number of ether oxygens (including phenoxy) is 1. The minimum Gasteiger partial charge on any atom is -0.450 e. The molecule has 3 rings (SSSR count). The third kappa shape index (κ3) is 4.94.